The molecule has 3 rings (SSSR count). The van der Waals surface area contributed by atoms with Crippen LogP contribution in [0.2, 0.25) is 0 Å². The molecule has 1 atom stereocenters. The number of anilines is 1. The van der Waals surface area contributed by atoms with Gasteiger partial charge >= 0.3 is 0 Å². The lowest BCUT2D eigenvalue weighted by Gasteiger charge is -2.14. The number of amides is 1. The first-order valence-corrected chi connectivity index (χ1v) is 6.80. The van der Waals surface area contributed by atoms with Crippen LogP contribution in [0.15, 0.2) is 34.9 Å². The van der Waals surface area contributed by atoms with Crippen molar-refractivity contribution in [3.63, 3.8) is 0 Å². The van der Waals surface area contributed by atoms with Gasteiger partial charge in [-0.25, -0.2) is 0 Å². The normalized spacial score (nSPS) is 16.2. The van der Waals surface area contributed by atoms with Crippen molar-refractivity contribution in [3.05, 3.63) is 53.0 Å². The van der Waals surface area contributed by atoms with Gasteiger partial charge in [0.25, 0.3) is 0 Å². The molecule has 1 amide bonds. The number of benzene rings is 1. The van der Waals surface area contributed by atoms with Crippen molar-refractivity contribution in [2.24, 2.45) is 0 Å². The van der Waals surface area contributed by atoms with E-state index in [2.05, 4.69) is 5.32 Å². The third kappa shape index (κ3) is 2.34. The van der Waals surface area contributed by atoms with Gasteiger partial charge in [0.05, 0.1) is 6.26 Å². The van der Waals surface area contributed by atoms with Gasteiger partial charge in [-0.15, -0.1) is 0 Å². The third-order valence-corrected chi connectivity index (χ3v) is 3.76. The molecule has 4 heteroatoms. The molecule has 0 saturated carbocycles. The first kappa shape index (κ1) is 12.9. The summed E-state index contributed by atoms with van der Waals surface area (Å²) in [5, 5.41) is 13.3. The van der Waals surface area contributed by atoms with Crippen LogP contribution in [0.4, 0.5) is 5.69 Å². The molecular weight excluding hydrogens is 254 g/mol. The largest absolute Gasteiger partial charge is 0.469 e. The smallest absolute Gasteiger partial charge is 0.224 e. The molecule has 2 heterocycles. The van der Waals surface area contributed by atoms with Crippen LogP contribution in [0.25, 0.3) is 0 Å². The van der Waals surface area contributed by atoms with Crippen molar-refractivity contribution in [2.75, 3.05) is 5.32 Å². The van der Waals surface area contributed by atoms with Crippen molar-refractivity contribution in [2.45, 2.75) is 32.3 Å². The zero-order chi connectivity index (χ0) is 14.1. The SMILES string of the molecule is Cc1occc1C(O)c1ccc2c(c1)CCCC(=O)N2. The minimum Gasteiger partial charge on any atom is -0.469 e. The highest BCUT2D eigenvalue weighted by molar-refractivity contribution is 5.92. The number of rotatable bonds is 2. The molecule has 4 nitrogen and oxygen atoms in total. The highest BCUT2D eigenvalue weighted by atomic mass is 16.3. The molecule has 0 spiro atoms. The third-order valence-electron chi connectivity index (χ3n) is 3.76. The monoisotopic (exact) mass is 271 g/mol. The van der Waals surface area contributed by atoms with Gasteiger partial charge in [-0.3, -0.25) is 4.79 Å². The Morgan fingerprint density at radius 3 is 2.90 bits per heavy atom. The summed E-state index contributed by atoms with van der Waals surface area (Å²) >= 11 is 0. The zero-order valence-corrected chi connectivity index (χ0v) is 11.3. The van der Waals surface area contributed by atoms with Crippen molar-refractivity contribution in [3.8, 4) is 0 Å². The van der Waals surface area contributed by atoms with E-state index in [4.69, 9.17) is 4.42 Å². The molecule has 1 aromatic heterocycles. The molecule has 1 aliphatic rings. The molecule has 0 fully saturated rings. The van der Waals surface area contributed by atoms with Crippen LogP contribution >= 0.6 is 0 Å². The van der Waals surface area contributed by atoms with Crippen LogP contribution in [-0.4, -0.2) is 11.0 Å². The molecule has 2 aromatic rings. The minimum atomic E-state index is -0.696. The second-order valence-corrected chi connectivity index (χ2v) is 5.15. The van der Waals surface area contributed by atoms with Gasteiger partial charge in [0.2, 0.25) is 5.91 Å². The van der Waals surface area contributed by atoms with Gasteiger partial charge in [-0.2, -0.15) is 0 Å². The van der Waals surface area contributed by atoms with E-state index < -0.39 is 6.10 Å². The van der Waals surface area contributed by atoms with E-state index >= 15 is 0 Å². The van der Waals surface area contributed by atoms with Crippen LogP contribution < -0.4 is 5.32 Å². The molecule has 20 heavy (non-hydrogen) atoms. The lowest BCUT2D eigenvalue weighted by Crippen LogP contribution is -2.09. The Hall–Kier alpha value is -2.07. The lowest BCUT2D eigenvalue weighted by molar-refractivity contribution is -0.116. The Balaban J connectivity index is 1.94. The average Bonchev–Trinajstić information content (AvgIpc) is 2.76. The van der Waals surface area contributed by atoms with Crippen molar-refractivity contribution < 1.29 is 14.3 Å². The van der Waals surface area contributed by atoms with Crippen LogP contribution in [0.3, 0.4) is 0 Å². The number of carbonyl (C=O) groups is 1. The molecule has 104 valence electrons. The number of fused-ring (bicyclic) bond motifs is 1. The number of furan rings is 1. The van der Waals surface area contributed by atoms with Crippen LogP contribution in [-0.2, 0) is 11.2 Å². The van der Waals surface area contributed by atoms with Gasteiger partial charge in [0, 0.05) is 17.7 Å². The van der Waals surface area contributed by atoms with Crippen LogP contribution in [0.5, 0.6) is 0 Å². The summed E-state index contributed by atoms with van der Waals surface area (Å²) < 4.78 is 5.24. The number of aryl methyl sites for hydroxylation is 2. The fraction of sp³-hybridized carbons (Fsp3) is 0.312. The highest BCUT2D eigenvalue weighted by Crippen LogP contribution is 2.30. The second kappa shape index (κ2) is 5.13. The second-order valence-electron chi connectivity index (χ2n) is 5.15. The summed E-state index contributed by atoms with van der Waals surface area (Å²) in [6, 6.07) is 7.47. The van der Waals surface area contributed by atoms with Crippen LogP contribution in [0, 0.1) is 6.92 Å². The topological polar surface area (TPSA) is 62.5 Å². The quantitative estimate of drug-likeness (QED) is 0.882. The Labute approximate surface area is 117 Å². The predicted molar refractivity (Wildman–Crippen MR) is 75.5 cm³/mol. The molecule has 1 aromatic carbocycles. The molecule has 0 aliphatic carbocycles. The Bertz CT molecular complexity index is 645. The molecular formula is C16H17NO3. The van der Waals surface area contributed by atoms with Gasteiger partial charge in [-0.05, 0) is 43.0 Å². The van der Waals surface area contributed by atoms with Crippen molar-refractivity contribution in [1.29, 1.82) is 0 Å². The van der Waals surface area contributed by atoms with E-state index in [0.29, 0.717) is 6.42 Å². The summed E-state index contributed by atoms with van der Waals surface area (Å²) in [4.78, 5) is 11.5. The molecule has 2 N–H and O–H groups in total. The summed E-state index contributed by atoms with van der Waals surface area (Å²) in [5.74, 6) is 0.781. The minimum absolute atomic E-state index is 0.0581. The fourth-order valence-electron chi connectivity index (χ4n) is 2.62. The Morgan fingerprint density at radius 2 is 2.15 bits per heavy atom. The van der Waals surface area contributed by atoms with E-state index in [1.165, 1.54) is 0 Å². The number of aliphatic hydroxyl groups excluding tert-OH is 1. The number of hydrogen-bond acceptors (Lipinski definition) is 3. The van der Waals surface area contributed by atoms with Crippen molar-refractivity contribution in [1.82, 2.24) is 0 Å². The van der Waals surface area contributed by atoms with Crippen LogP contribution in [0.1, 0.15) is 41.4 Å². The maximum atomic E-state index is 11.5. The molecule has 0 bridgehead atoms. The molecule has 0 saturated heterocycles. The zero-order valence-electron chi connectivity index (χ0n) is 11.3. The van der Waals surface area contributed by atoms with E-state index in [1.807, 2.05) is 25.1 Å². The van der Waals surface area contributed by atoms with E-state index in [0.717, 1.165) is 41.0 Å². The molecule has 0 radical (unpaired) electrons. The van der Waals surface area contributed by atoms with E-state index in [1.54, 1.807) is 12.3 Å². The highest BCUT2D eigenvalue weighted by Gasteiger charge is 2.18. The predicted octanol–water partition coefficient (Wildman–Crippen LogP) is 2.94. The summed E-state index contributed by atoms with van der Waals surface area (Å²) in [6.45, 7) is 1.84. The number of nitrogens with one attached hydrogen (secondary N) is 1. The maximum absolute atomic E-state index is 11.5. The lowest BCUT2D eigenvalue weighted by atomic mass is 9.97. The molecule has 1 unspecified atom stereocenters. The summed E-state index contributed by atoms with van der Waals surface area (Å²) in [7, 11) is 0. The van der Waals surface area contributed by atoms with Gasteiger partial charge in [0.1, 0.15) is 11.9 Å². The first-order valence-electron chi connectivity index (χ1n) is 6.80. The molecule has 1 aliphatic heterocycles. The summed E-state index contributed by atoms with van der Waals surface area (Å²) in [5.41, 5.74) is 3.54. The van der Waals surface area contributed by atoms with E-state index in [-0.39, 0.29) is 5.91 Å². The number of carbonyl (C=O) groups excluding carboxylic acids is 1. The van der Waals surface area contributed by atoms with Gasteiger partial charge < -0.3 is 14.8 Å². The Morgan fingerprint density at radius 1 is 1.30 bits per heavy atom. The number of aliphatic hydroxyl groups is 1. The number of hydrogen-bond donors (Lipinski definition) is 2. The average molecular weight is 271 g/mol. The first-order chi connectivity index (χ1) is 9.65. The summed E-state index contributed by atoms with van der Waals surface area (Å²) in [6.07, 6.45) is 3.12. The van der Waals surface area contributed by atoms with Gasteiger partial charge in [-0.1, -0.05) is 12.1 Å². The fourth-order valence-corrected chi connectivity index (χ4v) is 2.62. The standard InChI is InChI=1S/C16H17NO3/c1-10-13(7-8-20-10)16(19)12-5-6-14-11(9-12)3-2-4-15(18)17-14/h5-9,16,19H,2-4H2,1H3,(H,17,18). The Kier molecular flexibility index (Phi) is 3.32. The van der Waals surface area contributed by atoms with Gasteiger partial charge in [0.15, 0.2) is 0 Å². The van der Waals surface area contributed by atoms with E-state index in [9.17, 15) is 9.90 Å². The van der Waals surface area contributed by atoms with Crippen molar-refractivity contribution >= 4 is 11.6 Å². The maximum Gasteiger partial charge on any atom is 0.224 e.